The predicted octanol–water partition coefficient (Wildman–Crippen LogP) is 3.40. The first-order valence-corrected chi connectivity index (χ1v) is 7.00. The Labute approximate surface area is 114 Å². The molecule has 1 aromatic carbocycles. The lowest BCUT2D eigenvalue weighted by molar-refractivity contribution is 0.243. The molecule has 17 heavy (non-hydrogen) atoms. The van der Waals surface area contributed by atoms with Gasteiger partial charge in [-0.3, -0.25) is 4.90 Å². The normalized spacial score (nSPS) is 13.1. The Kier molecular flexibility index (Phi) is 6.17. The molecule has 1 unspecified atom stereocenters. The van der Waals surface area contributed by atoms with Crippen LogP contribution in [0.15, 0.2) is 22.7 Å². The third-order valence-corrected chi connectivity index (χ3v) is 4.00. The van der Waals surface area contributed by atoms with E-state index in [1.54, 1.807) is 0 Å². The van der Waals surface area contributed by atoms with Crippen LogP contribution < -0.4 is 5.32 Å². The molecule has 0 aliphatic carbocycles. The van der Waals surface area contributed by atoms with Gasteiger partial charge in [-0.25, -0.2) is 0 Å². The molecular formula is C14H23BrN2. The zero-order chi connectivity index (χ0) is 12.8. The maximum absolute atomic E-state index is 3.66. The van der Waals surface area contributed by atoms with Gasteiger partial charge in [0.25, 0.3) is 0 Å². The standard InChI is InChI=1S/C14H23BrN2/c1-5-11(2)17(4)10-13-7-6-12(9-16-3)8-14(13)15/h6-8,11,16H,5,9-10H2,1-4H3. The summed E-state index contributed by atoms with van der Waals surface area (Å²) in [7, 11) is 4.15. The summed E-state index contributed by atoms with van der Waals surface area (Å²) in [6.07, 6.45) is 1.19. The zero-order valence-corrected chi connectivity index (χ0v) is 12.8. The molecule has 96 valence electrons. The van der Waals surface area contributed by atoms with E-state index in [-0.39, 0.29) is 0 Å². The van der Waals surface area contributed by atoms with Gasteiger partial charge >= 0.3 is 0 Å². The first kappa shape index (κ1) is 14.7. The lowest BCUT2D eigenvalue weighted by Gasteiger charge is -2.24. The van der Waals surface area contributed by atoms with Crippen LogP contribution in [0.25, 0.3) is 0 Å². The molecule has 3 heteroatoms. The summed E-state index contributed by atoms with van der Waals surface area (Å²) in [6, 6.07) is 7.24. The van der Waals surface area contributed by atoms with Crippen molar-refractivity contribution in [2.45, 2.75) is 39.4 Å². The van der Waals surface area contributed by atoms with Crippen LogP contribution in [0.2, 0.25) is 0 Å². The Morgan fingerprint density at radius 3 is 2.65 bits per heavy atom. The number of rotatable bonds is 6. The van der Waals surface area contributed by atoms with E-state index in [1.165, 1.54) is 22.0 Å². The fourth-order valence-electron chi connectivity index (χ4n) is 1.77. The number of nitrogens with zero attached hydrogens (tertiary/aromatic N) is 1. The third-order valence-electron chi connectivity index (χ3n) is 3.26. The van der Waals surface area contributed by atoms with E-state index in [9.17, 15) is 0 Å². The summed E-state index contributed by atoms with van der Waals surface area (Å²) in [5.41, 5.74) is 2.67. The maximum atomic E-state index is 3.66. The fourth-order valence-corrected chi connectivity index (χ4v) is 2.32. The monoisotopic (exact) mass is 298 g/mol. The summed E-state index contributed by atoms with van der Waals surface area (Å²) < 4.78 is 1.21. The highest BCUT2D eigenvalue weighted by atomic mass is 79.9. The van der Waals surface area contributed by atoms with Gasteiger partial charge in [0.1, 0.15) is 0 Å². The van der Waals surface area contributed by atoms with Crippen molar-refractivity contribution in [1.29, 1.82) is 0 Å². The minimum Gasteiger partial charge on any atom is -0.316 e. The number of nitrogens with one attached hydrogen (secondary N) is 1. The minimum atomic E-state index is 0.624. The van der Waals surface area contributed by atoms with Crippen LogP contribution in [-0.2, 0) is 13.1 Å². The molecule has 0 fully saturated rings. The molecule has 0 amide bonds. The summed E-state index contributed by atoms with van der Waals surface area (Å²) in [6.45, 7) is 6.41. The Hall–Kier alpha value is -0.380. The van der Waals surface area contributed by atoms with Crippen molar-refractivity contribution in [3.05, 3.63) is 33.8 Å². The van der Waals surface area contributed by atoms with Gasteiger partial charge in [0, 0.05) is 23.6 Å². The Morgan fingerprint density at radius 1 is 1.41 bits per heavy atom. The van der Waals surface area contributed by atoms with Gasteiger partial charge in [0.15, 0.2) is 0 Å². The van der Waals surface area contributed by atoms with Crippen LogP contribution in [0.1, 0.15) is 31.4 Å². The van der Waals surface area contributed by atoms with Gasteiger partial charge in [-0.2, -0.15) is 0 Å². The Balaban J connectivity index is 2.72. The SMILES string of the molecule is CCC(C)N(C)Cc1ccc(CNC)cc1Br. The highest BCUT2D eigenvalue weighted by Crippen LogP contribution is 2.21. The highest BCUT2D eigenvalue weighted by molar-refractivity contribution is 9.10. The molecule has 0 radical (unpaired) electrons. The van der Waals surface area contributed by atoms with Crippen LogP contribution in [0.5, 0.6) is 0 Å². The maximum Gasteiger partial charge on any atom is 0.0244 e. The number of hydrogen-bond donors (Lipinski definition) is 1. The van der Waals surface area contributed by atoms with Crippen LogP contribution in [0, 0.1) is 0 Å². The number of hydrogen-bond acceptors (Lipinski definition) is 2. The predicted molar refractivity (Wildman–Crippen MR) is 78.1 cm³/mol. The van der Waals surface area contributed by atoms with E-state index < -0.39 is 0 Å². The molecule has 1 rings (SSSR count). The van der Waals surface area contributed by atoms with E-state index in [1.807, 2.05) is 7.05 Å². The summed E-state index contributed by atoms with van der Waals surface area (Å²) in [5.74, 6) is 0. The van der Waals surface area contributed by atoms with Crippen molar-refractivity contribution in [2.24, 2.45) is 0 Å². The molecule has 0 aliphatic heterocycles. The lowest BCUT2D eigenvalue weighted by atomic mass is 10.1. The van der Waals surface area contributed by atoms with Crippen molar-refractivity contribution >= 4 is 15.9 Å². The fraction of sp³-hybridized carbons (Fsp3) is 0.571. The van der Waals surface area contributed by atoms with Crippen molar-refractivity contribution in [3.63, 3.8) is 0 Å². The van der Waals surface area contributed by atoms with Gasteiger partial charge < -0.3 is 5.32 Å². The smallest absolute Gasteiger partial charge is 0.0244 e. The molecule has 0 bridgehead atoms. The topological polar surface area (TPSA) is 15.3 Å². The lowest BCUT2D eigenvalue weighted by Crippen LogP contribution is -2.27. The first-order valence-electron chi connectivity index (χ1n) is 6.20. The molecular weight excluding hydrogens is 276 g/mol. The Bertz CT molecular complexity index is 352. The molecule has 0 saturated heterocycles. The quantitative estimate of drug-likeness (QED) is 0.866. The number of halogens is 1. The van der Waals surface area contributed by atoms with E-state index in [4.69, 9.17) is 0 Å². The molecule has 0 saturated carbocycles. The van der Waals surface area contributed by atoms with E-state index >= 15 is 0 Å². The third kappa shape index (κ3) is 4.41. The molecule has 1 aromatic rings. The second kappa shape index (κ2) is 7.14. The van der Waals surface area contributed by atoms with Crippen LogP contribution in [-0.4, -0.2) is 25.0 Å². The summed E-state index contributed by atoms with van der Waals surface area (Å²) in [5, 5.41) is 3.17. The van der Waals surface area contributed by atoms with Crippen LogP contribution >= 0.6 is 15.9 Å². The Morgan fingerprint density at radius 2 is 2.12 bits per heavy atom. The number of benzene rings is 1. The van der Waals surface area contributed by atoms with Gasteiger partial charge in [-0.1, -0.05) is 35.0 Å². The van der Waals surface area contributed by atoms with Crippen molar-refractivity contribution in [3.8, 4) is 0 Å². The van der Waals surface area contributed by atoms with Crippen molar-refractivity contribution in [1.82, 2.24) is 10.2 Å². The molecule has 0 spiro atoms. The first-order chi connectivity index (χ1) is 8.08. The average molecular weight is 299 g/mol. The van der Waals surface area contributed by atoms with Crippen LogP contribution in [0.3, 0.4) is 0 Å². The van der Waals surface area contributed by atoms with E-state index in [0.717, 1.165) is 13.1 Å². The largest absolute Gasteiger partial charge is 0.316 e. The highest BCUT2D eigenvalue weighted by Gasteiger charge is 2.09. The molecule has 1 N–H and O–H groups in total. The minimum absolute atomic E-state index is 0.624. The zero-order valence-electron chi connectivity index (χ0n) is 11.3. The summed E-state index contributed by atoms with van der Waals surface area (Å²) in [4.78, 5) is 2.39. The molecule has 2 nitrogen and oxygen atoms in total. The average Bonchev–Trinajstić information content (AvgIpc) is 2.31. The van der Waals surface area contributed by atoms with E-state index in [0.29, 0.717) is 6.04 Å². The van der Waals surface area contributed by atoms with E-state index in [2.05, 4.69) is 65.2 Å². The van der Waals surface area contributed by atoms with Gasteiger partial charge in [0.2, 0.25) is 0 Å². The molecule has 0 aliphatic rings. The summed E-state index contributed by atoms with van der Waals surface area (Å²) >= 11 is 3.66. The second-order valence-electron chi connectivity index (χ2n) is 4.63. The van der Waals surface area contributed by atoms with Crippen LogP contribution in [0.4, 0.5) is 0 Å². The molecule has 1 atom stereocenters. The van der Waals surface area contributed by atoms with Crippen molar-refractivity contribution in [2.75, 3.05) is 14.1 Å². The van der Waals surface area contributed by atoms with Gasteiger partial charge in [0.05, 0.1) is 0 Å². The van der Waals surface area contributed by atoms with Gasteiger partial charge in [-0.05, 0) is 44.6 Å². The molecule has 0 aromatic heterocycles. The molecule has 0 heterocycles. The second-order valence-corrected chi connectivity index (χ2v) is 5.48. The van der Waals surface area contributed by atoms with Crippen molar-refractivity contribution < 1.29 is 0 Å². The van der Waals surface area contributed by atoms with Gasteiger partial charge in [-0.15, -0.1) is 0 Å².